The number of hydrogen-bond donors (Lipinski definition) is 2. The normalized spacial score (nSPS) is 10.1. The molecule has 0 saturated carbocycles. The number of benzene rings is 2. The minimum absolute atomic E-state index is 0.0495. The lowest BCUT2D eigenvalue weighted by Gasteiger charge is -2.10. The van der Waals surface area contributed by atoms with Gasteiger partial charge in [-0.3, -0.25) is 4.79 Å². The number of carbonyl (C=O) groups is 1. The second-order valence-electron chi connectivity index (χ2n) is 4.34. The summed E-state index contributed by atoms with van der Waals surface area (Å²) in [6.45, 7) is 1.84. The molecule has 0 unspecified atom stereocenters. The van der Waals surface area contributed by atoms with Gasteiger partial charge in [-0.1, -0.05) is 12.1 Å². The molecule has 1 amide bonds. The number of para-hydroxylation sites is 1. The van der Waals surface area contributed by atoms with Crippen LogP contribution in [0.5, 0.6) is 5.75 Å². The number of carbonyl (C=O) groups excluding carboxylic acids is 1. The molecule has 0 aliphatic rings. The van der Waals surface area contributed by atoms with Gasteiger partial charge in [-0.25, -0.2) is 0 Å². The monoisotopic (exact) mass is 334 g/mol. The van der Waals surface area contributed by atoms with Crippen LogP contribution in [0.15, 0.2) is 46.9 Å². The number of nitrogens with two attached hydrogens (primary N) is 1. The van der Waals surface area contributed by atoms with E-state index < -0.39 is 0 Å². The molecule has 0 radical (unpaired) electrons. The molecule has 0 saturated heterocycles. The van der Waals surface area contributed by atoms with Crippen molar-refractivity contribution in [2.24, 2.45) is 0 Å². The zero-order valence-corrected chi connectivity index (χ0v) is 12.6. The van der Waals surface area contributed by atoms with Gasteiger partial charge >= 0.3 is 0 Å². The lowest BCUT2D eigenvalue weighted by atomic mass is 10.2. The van der Waals surface area contributed by atoms with Crippen LogP contribution in [0, 0.1) is 6.92 Å². The van der Waals surface area contributed by atoms with Gasteiger partial charge in [0.15, 0.2) is 6.61 Å². The molecule has 0 fully saturated rings. The second kappa shape index (κ2) is 6.43. The van der Waals surface area contributed by atoms with E-state index in [9.17, 15) is 4.79 Å². The van der Waals surface area contributed by atoms with Crippen LogP contribution in [-0.4, -0.2) is 12.5 Å². The van der Waals surface area contributed by atoms with Crippen LogP contribution in [0.1, 0.15) is 5.56 Å². The van der Waals surface area contributed by atoms with Crippen molar-refractivity contribution in [3.05, 3.63) is 52.5 Å². The van der Waals surface area contributed by atoms with E-state index in [2.05, 4.69) is 21.2 Å². The van der Waals surface area contributed by atoms with E-state index >= 15 is 0 Å². The highest BCUT2D eigenvalue weighted by Gasteiger charge is 2.07. The molecule has 0 bridgehead atoms. The topological polar surface area (TPSA) is 64.3 Å². The largest absolute Gasteiger partial charge is 0.483 e. The molecule has 0 heterocycles. The van der Waals surface area contributed by atoms with Crippen molar-refractivity contribution >= 4 is 33.2 Å². The molecule has 0 aromatic heterocycles. The van der Waals surface area contributed by atoms with Crippen molar-refractivity contribution < 1.29 is 9.53 Å². The molecular formula is C15H15BrN2O2. The van der Waals surface area contributed by atoms with Crippen molar-refractivity contribution in [3.63, 3.8) is 0 Å². The Labute approximate surface area is 126 Å². The third-order valence-corrected chi connectivity index (χ3v) is 3.40. The zero-order valence-electron chi connectivity index (χ0n) is 11.0. The summed E-state index contributed by atoms with van der Waals surface area (Å²) in [5.41, 5.74) is 7.96. The Kier molecular flexibility index (Phi) is 4.63. The minimum atomic E-state index is -0.215. The smallest absolute Gasteiger partial charge is 0.262 e. The summed E-state index contributed by atoms with van der Waals surface area (Å²) in [5, 5.41) is 2.78. The van der Waals surface area contributed by atoms with Gasteiger partial charge in [0.2, 0.25) is 0 Å². The third kappa shape index (κ3) is 3.74. The van der Waals surface area contributed by atoms with Crippen LogP contribution in [0.3, 0.4) is 0 Å². The molecule has 4 nitrogen and oxygen atoms in total. The molecule has 3 N–H and O–H groups in total. The summed E-state index contributed by atoms with van der Waals surface area (Å²) in [4.78, 5) is 11.8. The van der Waals surface area contributed by atoms with Crippen molar-refractivity contribution in [2.75, 3.05) is 17.7 Å². The number of nitrogen functional groups attached to an aromatic ring is 1. The lowest BCUT2D eigenvalue weighted by molar-refractivity contribution is -0.118. The van der Waals surface area contributed by atoms with Gasteiger partial charge in [0, 0.05) is 10.2 Å². The van der Waals surface area contributed by atoms with Gasteiger partial charge < -0.3 is 15.8 Å². The number of nitrogens with one attached hydrogen (secondary N) is 1. The fraction of sp³-hybridized carbons (Fsp3) is 0.133. The van der Waals surface area contributed by atoms with Gasteiger partial charge in [-0.05, 0) is 58.7 Å². The first-order valence-corrected chi connectivity index (χ1v) is 6.89. The van der Waals surface area contributed by atoms with Gasteiger partial charge in [0.1, 0.15) is 5.75 Å². The number of hydrogen-bond acceptors (Lipinski definition) is 3. The van der Waals surface area contributed by atoms with E-state index in [0.717, 1.165) is 15.7 Å². The Bertz CT molecular complexity index is 629. The number of anilines is 2. The second-order valence-corrected chi connectivity index (χ2v) is 5.20. The average molecular weight is 335 g/mol. The summed E-state index contributed by atoms with van der Waals surface area (Å²) in [5.74, 6) is 0.439. The molecule has 2 aromatic rings. The molecule has 0 spiro atoms. The minimum Gasteiger partial charge on any atom is -0.483 e. The van der Waals surface area contributed by atoms with Gasteiger partial charge in [-0.2, -0.15) is 0 Å². The quantitative estimate of drug-likeness (QED) is 0.842. The predicted octanol–water partition coefficient (Wildman–Crippen LogP) is 3.36. The van der Waals surface area contributed by atoms with Crippen molar-refractivity contribution in [2.45, 2.75) is 6.92 Å². The van der Waals surface area contributed by atoms with Crippen molar-refractivity contribution in [1.82, 2.24) is 0 Å². The summed E-state index contributed by atoms with van der Waals surface area (Å²) >= 11 is 3.37. The van der Waals surface area contributed by atoms with E-state index in [1.165, 1.54) is 0 Å². The lowest BCUT2D eigenvalue weighted by Crippen LogP contribution is -2.20. The number of aryl methyl sites for hydroxylation is 1. The fourth-order valence-corrected chi connectivity index (χ4v) is 2.11. The highest BCUT2D eigenvalue weighted by atomic mass is 79.9. The summed E-state index contributed by atoms with van der Waals surface area (Å²) < 4.78 is 6.31. The average Bonchev–Trinajstić information content (AvgIpc) is 2.40. The SMILES string of the molecule is Cc1cc(N)ccc1OCC(=O)Nc1ccccc1Br. The number of halogens is 1. The Balaban J connectivity index is 1.94. The Morgan fingerprint density at radius 3 is 2.75 bits per heavy atom. The number of ether oxygens (including phenoxy) is 1. The maximum absolute atomic E-state index is 11.8. The molecule has 0 atom stereocenters. The van der Waals surface area contributed by atoms with E-state index in [4.69, 9.17) is 10.5 Å². The maximum atomic E-state index is 11.8. The Morgan fingerprint density at radius 2 is 2.05 bits per heavy atom. The van der Waals surface area contributed by atoms with Crippen LogP contribution in [0.2, 0.25) is 0 Å². The first-order valence-electron chi connectivity index (χ1n) is 6.09. The number of amides is 1. The molecule has 5 heteroatoms. The van der Waals surface area contributed by atoms with Crippen LogP contribution in [0.25, 0.3) is 0 Å². The van der Waals surface area contributed by atoms with E-state index in [1.807, 2.05) is 31.2 Å². The molecule has 0 aliphatic heterocycles. The van der Waals surface area contributed by atoms with Crippen LogP contribution < -0.4 is 15.8 Å². The van der Waals surface area contributed by atoms with Crippen LogP contribution in [-0.2, 0) is 4.79 Å². The molecule has 0 aliphatic carbocycles. The standard InChI is InChI=1S/C15H15BrN2O2/c1-10-8-11(17)6-7-14(10)20-9-15(19)18-13-5-3-2-4-12(13)16/h2-8H,9,17H2,1H3,(H,18,19). The van der Waals surface area contributed by atoms with Crippen molar-refractivity contribution in [1.29, 1.82) is 0 Å². The first-order chi connectivity index (χ1) is 9.56. The maximum Gasteiger partial charge on any atom is 0.262 e. The van der Waals surface area contributed by atoms with Gasteiger partial charge in [0.25, 0.3) is 5.91 Å². The van der Waals surface area contributed by atoms with E-state index in [-0.39, 0.29) is 12.5 Å². The summed E-state index contributed by atoms with van der Waals surface area (Å²) in [6, 6.07) is 12.7. The van der Waals surface area contributed by atoms with Crippen molar-refractivity contribution in [3.8, 4) is 5.75 Å². The van der Waals surface area contributed by atoms with Crippen LogP contribution >= 0.6 is 15.9 Å². The van der Waals surface area contributed by atoms with E-state index in [1.54, 1.807) is 18.2 Å². The molecule has 2 aromatic carbocycles. The Morgan fingerprint density at radius 1 is 1.30 bits per heavy atom. The molecular weight excluding hydrogens is 320 g/mol. The molecule has 20 heavy (non-hydrogen) atoms. The number of rotatable bonds is 4. The van der Waals surface area contributed by atoms with Gasteiger partial charge in [0.05, 0.1) is 5.69 Å². The van der Waals surface area contributed by atoms with E-state index in [0.29, 0.717) is 11.4 Å². The zero-order chi connectivity index (χ0) is 14.5. The summed E-state index contributed by atoms with van der Waals surface area (Å²) in [7, 11) is 0. The summed E-state index contributed by atoms with van der Waals surface area (Å²) in [6.07, 6.45) is 0. The molecule has 104 valence electrons. The third-order valence-electron chi connectivity index (χ3n) is 2.71. The fourth-order valence-electron chi connectivity index (χ4n) is 1.73. The highest BCUT2D eigenvalue weighted by Crippen LogP contribution is 2.22. The molecule has 2 rings (SSSR count). The highest BCUT2D eigenvalue weighted by molar-refractivity contribution is 9.10. The predicted molar refractivity (Wildman–Crippen MR) is 83.9 cm³/mol. The van der Waals surface area contributed by atoms with Crippen LogP contribution in [0.4, 0.5) is 11.4 Å². The first kappa shape index (κ1) is 14.4. The van der Waals surface area contributed by atoms with Gasteiger partial charge in [-0.15, -0.1) is 0 Å². The Hall–Kier alpha value is -2.01.